The van der Waals surface area contributed by atoms with Crippen LogP contribution in [0.1, 0.15) is 59.3 Å². The lowest BCUT2D eigenvalue weighted by molar-refractivity contribution is -0.134. The van der Waals surface area contributed by atoms with E-state index in [2.05, 4.69) is 32.0 Å². The van der Waals surface area contributed by atoms with E-state index in [9.17, 15) is 20.1 Å². The van der Waals surface area contributed by atoms with Crippen molar-refractivity contribution in [3.8, 4) is 12.0 Å². The summed E-state index contributed by atoms with van der Waals surface area (Å²) in [6, 6.07) is 0. The second-order valence-corrected chi connectivity index (χ2v) is 9.91. The molecule has 28 heavy (non-hydrogen) atoms. The zero-order valence-electron chi connectivity index (χ0n) is 17.0. The van der Waals surface area contributed by atoms with Crippen molar-refractivity contribution in [2.45, 2.75) is 77.6 Å². The topological polar surface area (TPSA) is 87.0 Å². The molecule has 3 N–H and O–H groups in total. The fraction of sp³-hybridized carbons (Fsp3) is 0.783. The zero-order valence-corrected chi connectivity index (χ0v) is 17.0. The fourth-order valence-corrected chi connectivity index (χ4v) is 7.05. The molecule has 9 atom stereocenters. The summed E-state index contributed by atoms with van der Waals surface area (Å²) >= 11 is 0. The van der Waals surface area contributed by atoms with Crippen molar-refractivity contribution < 1.29 is 24.9 Å². The molecule has 3 saturated carbocycles. The molecular weight excluding hydrogens is 356 g/mol. The van der Waals surface area contributed by atoms with Crippen molar-refractivity contribution in [3.05, 3.63) is 11.6 Å². The molecule has 0 saturated heterocycles. The number of hydrogen-bond acceptors (Lipinski definition) is 5. The third-order valence-corrected chi connectivity index (χ3v) is 8.61. The molecule has 0 spiro atoms. The van der Waals surface area contributed by atoms with E-state index < -0.39 is 24.3 Å². The predicted octanol–water partition coefficient (Wildman–Crippen LogP) is 2.39. The van der Waals surface area contributed by atoms with Crippen molar-refractivity contribution in [3.63, 3.8) is 0 Å². The van der Waals surface area contributed by atoms with Gasteiger partial charge in [-0.15, -0.1) is 0 Å². The standard InChI is InChI=1S/C23H32O5/c1-13(24)28-11-8-14-6-9-22(2)16-7-10-23(3)18(12-19(25)21(23)27)15(16)4-5-17(22)20(14)26/h5,14-16,18-21,25-27H,4,6-7,9-10,12H2,1-3H3/t14?,15-,16-,18+,19?,20?,21?,22-,23+/m1/s1. The number of ether oxygens (including phenoxy) is 1. The number of fused-ring (bicyclic) bond motifs is 5. The van der Waals surface area contributed by atoms with Crippen LogP contribution in [-0.4, -0.2) is 39.6 Å². The van der Waals surface area contributed by atoms with Gasteiger partial charge in [0.25, 0.3) is 0 Å². The monoisotopic (exact) mass is 388 g/mol. The van der Waals surface area contributed by atoms with Gasteiger partial charge in [-0.3, -0.25) is 4.79 Å². The van der Waals surface area contributed by atoms with Gasteiger partial charge in [0.1, 0.15) is 6.11 Å². The molecule has 0 radical (unpaired) electrons. The minimum absolute atomic E-state index is 0.0677. The Balaban J connectivity index is 1.59. The first-order chi connectivity index (χ1) is 13.2. The molecule has 0 aliphatic heterocycles. The van der Waals surface area contributed by atoms with Crippen LogP contribution in [0.2, 0.25) is 0 Å². The fourth-order valence-electron chi connectivity index (χ4n) is 7.05. The molecule has 3 fully saturated rings. The number of esters is 1. The van der Waals surface area contributed by atoms with Crippen LogP contribution in [0.3, 0.4) is 0 Å². The van der Waals surface area contributed by atoms with Crippen LogP contribution < -0.4 is 0 Å². The number of aliphatic hydroxyl groups excluding tert-OH is 3. The predicted molar refractivity (Wildman–Crippen MR) is 104 cm³/mol. The number of carbonyl (C=O) groups is 1. The van der Waals surface area contributed by atoms with Gasteiger partial charge in [0.15, 0.2) is 0 Å². The molecule has 5 nitrogen and oxygen atoms in total. The highest BCUT2D eigenvalue weighted by Gasteiger charge is 2.61. The Labute approximate surface area is 167 Å². The quantitative estimate of drug-likeness (QED) is 0.337. The molecule has 4 aliphatic carbocycles. The van der Waals surface area contributed by atoms with E-state index in [1.165, 1.54) is 6.92 Å². The van der Waals surface area contributed by atoms with Crippen LogP contribution >= 0.6 is 0 Å². The number of hydrogen-bond donors (Lipinski definition) is 3. The van der Waals surface area contributed by atoms with Gasteiger partial charge in [-0.1, -0.05) is 25.8 Å². The molecule has 0 bridgehead atoms. The SMILES string of the molecule is CC(=O)OC#CC1CC[C@@]2(C)C(=CC[C@@H]3[C@H]2CC[C@]2(C)C(O)C(O)C[C@@H]32)C1O. The van der Waals surface area contributed by atoms with Crippen molar-refractivity contribution in [1.29, 1.82) is 0 Å². The average Bonchev–Trinajstić information content (AvgIpc) is 2.87. The lowest BCUT2D eigenvalue weighted by atomic mass is 9.47. The summed E-state index contributed by atoms with van der Waals surface area (Å²) in [5.41, 5.74) is 0.819. The molecule has 4 aliphatic rings. The molecule has 5 heteroatoms. The first-order valence-corrected chi connectivity index (χ1v) is 10.6. The summed E-state index contributed by atoms with van der Waals surface area (Å²) in [4.78, 5) is 10.9. The number of carbonyl (C=O) groups excluding carboxylic acids is 1. The van der Waals surface area contributed by atoms with Crippen molar-refractivity contribution in [2.24, 2.45) is 34.5 Å². The molecule has 0 aromatic carbocycles. The van der Waals surface area contributed by atoms with E-state index in [1.54, 1.807) is 0 Å². The molecule has 4 unspecified atom stereocenters. The first-order valence-electron chi connectivity index (χ1n) is 10.6. The Bertz CT molecular complexity index is 748. The minimum Gasteiger partial charge on any atom is -0.390 e. The smallest absolute Gasteiger partial charge is 0.316 e. The third kappa shape index (κ3) is 2.84. The van der Waals surface area contributed by atoms with E-state index in [0.29, 0.717) is 24.2 Å². The van der Waals surface area contributed by atoms with Crippen LogP contribution in [0, 0.1) is 46.5 Å². The van der Waals surface area contributed by atoms with E-state index >= 15 is 0 Å². The summed E-state index contributed by atoms with van der Waals surface area (Å²) in [5, 5.41) is 31.9. The maximum absolute atomic E-state index is 11.0. The van der Waals surface area contributed by atoms with Crippen LogP contribution in [-0.2, 0) is 9.53 Å². The van der Waals surface area contributed by atoms with Gasteiger partial charge in [0.05, 0.1) is 24.2 Å². The number of allylic oxidation sites excluding steroid dienone is 1. The van der Waals surface area contributed by atoms with E-state index in [4.69, 9.17) is 4.74 Å². The number of aliphatic hydroxyl groups is 3. The Morgan fingerprint density at radius 3 is 2.64 bits per heavy atom. The third-order valence-electron chi connectivity index (χ3n) is 8.61. The summed E-state index contributed by atoms with van der Waals surface area (Å²) in [7, 11) is 0. The Morgan fingerprint density at radius 1 is 1.18 bits per heavy atom. The van der Waals surface area contributed by atoms with E-state index in [-0.39, 0.29) is 16.7 Å². The molecule has 0 aromatic heterocycles. The lowest BCUT2D eigenvalue weighted by Gasteiger charge is -2.58. The van der Waals surface area contributed by atoms with Crippen LogP contribution in [0.15, 0.2) is 11.6 Å². The summed E-state index contributed by atoms with van der Waals surface area (Å²) < 4.78 is 4.74. The van der Waals surface area contributed by atoms with Crippen LogP contribution in [0.5, 0.6) is 0 Å². The molecule has 0 heterocycles. The molecule has 0 amide bonds. The molecule has 0 aromatic rings. The van der Waals surface area contributed by atoms with Crippen molar-refractivity contribution in [2.75, 3.05) is 0 Å². The van der Waals surface area contributed by atoms with Gasteiger partial charge in [0, 0.05) is 6.92 Å². The van der Waals surface area contributed by atoms with Gasteiger partial charge in [-0.05, 0) is 72.7 Å². The highest BCUT2D eigenvalue weighted by atomic mass is 16.5. The van der Waals surface area contributed by atoms with Crippen molar-refractivity contribution >= 4 is 5.97 Å². The van der Waals surface area contributed by atoms with Crippen LogP contribution in [0.4, 0.5) is 0 Å². The largest absolute Gasteiger partial charge is 0.390 e. The van der Waals surface area contributed by atoms with Gasteiger partial charge >= 0.3 is 5.97 Å². The summed E-state index contributed by atoms with van der Waals surface area (Å²) in [6.45, 7) is 5.74. The Kier molecular flexibility index (Phi) is 4.89. The highest BCUT2D eigenvalue weighted by molar-refractivity contribution is 5.67. The molecule has 154 valence electrons. The molecule has 4 rings (SSSR count). The van der Waals surface area contributed by atoms with Gasteiger partial charge in [-0.25, -0.2) is 0 Å². The van der Waals surface area contributed by atoms with E-state index in [1.807, 2.05) is 0 Å². The van der Waals surface area contributed by atoms with Gasteiger partial charge in [0.2, 0.25) is 0 Å². The van der Waals surface area contributed by atoms with E-state index in [0.717, 1.165) is 37.7 Å². The molecular formula is C23H32O5. The van der Waals surface area contributed by atoms with Gasteiger partial charge < -0.3 is 20.1 Å². The van der Waals surface area contributed by atoms with Gasteiger partial charge in [-0.2, -0.15) is 0 Å². The second-order valence-electron chi connectivity index (χ2n) is 9.91. The highest BCUT2D eigenvalue weighted by Crippen LogP contribution is 2.65. The maximum Gasteiger partial charge on any atom is 0.316 e. The first kappa shape index (κ1) is 19.9. The average molecular weight is 389 g/mol. The minimum atomic E-state index is -0.630. The number of rotatable bonds is 0. The zero-order chi connectivity index (χ0) is 20.3. The Hall–Kier alpha value is -1.35. The maximum atomic E-state index is 11.0. The second kappa shape index (κ2) is 6.86. The summed E-state index contributed by atoms with van der Waals surface area (Å²) in [5.74, 6) is 3.51. The van der Waals surface area contributed by atoms with Crippen molar-refractivity contribution in [1.82, 2.24) is 0 Å². The van der Waals surface area contributed by atoms with Crippen LogP contribution in [0.25, 0.3) is 0 Å². The lowest BCUT2D eigenvalue weighted by Crippen LogP contribution is -2.53. The Morgan fingerprint density at radius 2 is 1.93 bits per heavy atom. The summed E-state index contributed by atoms with van der Waals surface area (Å²) in [6.07, 6.45) is 8.01. The normalized spacial score (nSPS) is 49.6.